The number of nitrogens with one attached hydrogen (secondary N) is 1. The molecule has 4 heteroatoms. The normalized spacial score (nSPS) is 13.7. The highest BCUT2D eigenvalue weighted by Crippen LogP contribution is 2.19. The second-order valence-corrected chi connectivity index (χ2v) is 2.99. The van der Waals surface area contributed by atoms with Crippen molar-refractivity contribution in [2.75, 3.05) is 0 Å². The number of carbonyl (C=O) groups excluding carboxylic acids is 3. The second-order valence-electron chi connectivity index (χ2n) is 2.99. The van der Waals surface area contributed by atoms with Gasteiger partial charge in [0.15, 0.2) is 0 Å². The van der Waals surface area contributed by atoms with E-state index >= 15 is 0 Å². The molecule has 70 valence electrons. The number of hydrogen-bond donors (Lipinski definition) is 1. The van der Waals surface area contributed by atoms with Gasteiger partial charge in [0, 0.05) is 6.42 Å². The SMILES string of the molecule is O=CCc1cccc2c1C(=O)NC2=O. The Morgan fingerprint density at radius 3 is 2.71 bits per heavy atom. The summed E-state index contributed by atoms with van der Waals surface area (Å²) in [6.07, 6.45) is 0.871. The minimum atomic E-state index is -0.414. The molecule has 0 unspecified atom stereocenters. The van der Waals surface area contributed by atoms with E-state index in [0.717, 1.165) is 0 Å². The molecule has 4 nitrogen and oxygen atoms in total. The molecule has 1 heterocycles. The zero-order valence-electron chi connectivity index (χ0n) is 7.24. The topological polar surface area (TPSA) is 63.2 Å². The van der Waals surface area contributed by atoms with Gasteiger partial charge in [-0.15, -0.1) is 0 Å². The fraction of sp³-hybridized carbons (Fsp3) is 0.100. The molecule has 1 N–H and O–H groups in total. The van der Waals surface area contributed by atoms with Gasteiger partial charge in [-0.05, 0) is 11.6 Å². The van der Waals surface area contributed by atoms with Crippen molar-refractivity contribution >= 4 is 18.1 Å². The van der Waals surface area contributed by atoms with Gasteiger partial charge in [-0.1, -0.05) is 12.1 Å². The smallest absolute Gasteiger partial charge is 0.259 e. The Hall–Kier alpha value is -1.97. The molecule has 0 bridgehead atoms. The molecule has 0 saturated heterocycles. The van der Waals surface area contributed by atoms with Crippen LogP contribution in [0.1, 0.15) is 26.3 Å². The largest absolute Gasteiger partial charge is 0.303 e. The van der Waals surface area contributed by atoms with Gasteiger partial charge in [0.2, 0.25) is 0 Å². The van der Waals surface area contributed by atoms with Crippen LogP contribution in [0.15, 0.2) is 18.2 Å². The Morgan fingerprint density at radius 2 is 2.00 bits per heavy atom. The first kappa shape index (κ1) is 8.62. The molecular formula is C10H7NO3. The summed E-state index contributed by atoms with van der Waals surface area (Å²) in [6, 6.07) is 4.91. The molecule has 0 spiro atoms. The summed E-state index contributed by atoms with van der Waals surface area (Å²) in [7, 11) is 0. The number of imide groups is 1. The van der Waals surface area contributed by atoms with Gasteiger partial charge in [0.1, 0.15) is 6.29 Å². The second kappa shape index (κ2) is 3.06. The lowest BCUT2D eigenvalue weighted by atomic mass is 10.0. The van der Waals surface area contributed by atoms with E-state index in [1.807, 2.05) is 0 Å². The molecule has 0 fully saturated rings. The van der Waals surface area contributed by atoms with Crippen molar-refractivity contribution in [1.82, 2.24) is 5.32 Å². The summed E-state index contributed by atoms with van der Waals surface area (Å²) >= 11 is 0. The minimum absolute atomic E-state index is 0.157. The zero-order valence-corrected chi connectivity index (χ0v) is 7.24. The molecule has 0 saturated carbocycles. The summed E-state index contributed by atoms with van der Waals surface area (Å²) in [4.78, 5) is 32.9. The van der Waals surface area contributed by atoms with Crippen LogP contribution in [0.25, 0.3) is 0 Å². The summed E-state index contributed by atoms with van der Waals surface area (Å²) in [5.74, 6) is -0.805. The molecule has 1 aromatic rings. The fourth-order valence-electron chi connectivity index (χ4n) is 1.55. The van der Waals surface area contributed by atoms with Gasteiger partial charge < -0.3 is 4.79 Å². The van der Waals surface area contributed by atoms with E-state index in [4.69, 9.17) is 0 Å². The lowest BCUT2D eigenvalue weighted by molar-refractivity contribution is -0.107. The Bertz CT molecular complexity index is 437. The fourth-order valence-corrected chi connectivity index (χ4v) is 1.55. The van der Waals surface area contributed by atoms with Crippen molar-refractivity contribution in [1.29, 1.82) is 0 Å². The average molecular weight is 189 g/mol. The number of rotatable bonds is 2. The summed E-state index contributed by atoms with van der Waals surface area (Å²) in [5.41, 5.74) is 1.29. The molecule has 2 amide bonds. The molecule has 2 rings (SSSR count). The van der Waals surface area contributed by atoms with E-state index in [1.165, 1.54) is 0 Å². The molecule has 1 aromatic carbocycles. The average Bonchev–Trinajstić information content (AvgIpc) is 2.44. The van der Waals surface area contributed by atoms with E-state index in [9.17, 15) is 14.4 Å². The van der Waals surface area contributed by atoms with Crippen molar-refractivity contribution in [3.8, 4) is 0 Å². The number of amides is 2. The molecule has 0 atom stereocenters. The van der Waals surface area contributed by atoms with Gasteiger partial charge >= 0.3 is 0 Å². The van der Waals surface area contributed by atoms with E-state index in [2.05, 4.69) is 5.32 Å². The van der Waals surface area contributed by atoms with Crippen molar-refractivity contribution in [2.45, 2.75) is 6.42 Å². The van der Waals surface area contributed by atoms with Gasteiger partial charge in [-0.3, -0.25) is 14.9 Å². The Balaban J connectivity index is 2.61. The molecular weight excluding hydrogens is 182 g/mol. The van der Waals surface area contributed by atoms with Crippen molar-refractivity contribution in [3.05, 3.63) is 34.9 Å². The number of fused-ring (bicyclic) bond motifs is 1. The van der Waals surface area contributed by atoms with Crippen LogP contribution < -0.4 is 5.32 Å². The van der Waals surface area contributed by atoms with E-state index in [0.29, 0.717) is 23.0 Å². The van der Waals surface area contributed by atoms with Crippen LogP contribution in [0.5, 0.6) is 0 Å². The lowest BCUT2D eigenvalue weighted by Crippen LogP contribution is -2.20. The Morgan fingerprint density at radius 1 is 1.21 bits per heavy atom. The van der Waals surface area contributed by atoms with E-state index in [1.54, 1.807) is 18.2 Å². The third kappa shape index (κ3) is 1.12. The maximum atomic E-state index is 11.3. The number of carbonyl (C=O) groups is 3. The van der Waals surface area contributed by atoms with Crippen LogP contribution in [-0.2, 0) is 11.2 Å². The van der Waals surface area contributed by atoms with Crippen molar-refractivity contribution in [3.63, 3.8) is 0 Å². The van der Waals surface area contributed by atoms with Gasteiger partial charge in [0.25, 0.3) is 11.8 Å². The number of hydrogen-bond acceptors (Lipinski definition) is 3. The third-order valence-electron chi connectivity index (χ3n) is 2.15. The predicted molar refractivity (Wildman–Crippen MR) is 48.0 cm³/mol. The molecule has 0 aliphatic carbocycles. The van der Waals surface area contributed by atoms with Crippen LogP contribution in [-0.4, -0.2) is 18.1 Å². The summed E-state index contributed by atoms with van der Waals surface area (Å²) < 4.78 is 0. The van der Waals surface area contributed by atoms with E-state index in [-0.39, 0.29) is 6.42 Å². The lowest BCUT2D eigenvalue weighted by Gasteiger charge is -2.00. The monoisotopic (exact) mass is 189 g/mol. The van der Waals surface area contributed by atoms with Crippen LogP contribution in [0.2, 0.25) is 0 Å². The molecule has 1 aliphatic heterocycles. The van der Waals surface area contributed by atoms with Crippen molar-refractivity contribution < 1.29 is 14.4 Å². The van der Waals surface area contributed by atoms with Gasteiger partial charge in [-0.2, -0.15) is 0 Å². The highest BCUT2D eigenvalue weighted by molar-refractivity contribution is 6.22. The molecule has 0 radical (unpaired) electrons. The van der Waals surface area contributed by atoms with E-state index < -0.39 is 11.8 Å². The summed E-state index contributed by atoms with van der Waals surface area (Å²) in [5, 5.41) is 2.19. The van der Waals surface area contributed by atoms with Gasteiger partial charge in [0.05, 0.1) is 11.1 Å². The molecule has 14 heavy (non-hydrogen) atoms. The molecule has 1 aliphatic rings. The van der Waals surface area contributed by atoms with Crippen LogP contribution in [0.3, 0.4) is 0 Å². The highest BCUT2D eigenvalue weighted by Gasteiger charge is 2.28. The summed E-state index contributed by atoms with van der Waals surface area (Å²) in [6.45, 7) is 0. The predicted octanol–water partition coefficient (Wildman–Crippen LogP) is 0.312. The maximum Gasteiger partial charge on any atom is 0.259 e. The highest BCUT2D eigenvalue weighted by atomic mass is 16.2. The first-order valence-electron chi connectivity index (χ1n) is 4.15. The third-order valence-corrected chi connectivity index (χ3v) is 2.15. The Kier molecular flexibility index (Phi) is 1.89. The standard InChI is InChI=1S/C10H7NO3/c12-5-4-6-2-1-3-7-8(6)10(14)11-9(7)13/h1-3,5H,4H2,(H,11,13,14). The number of aldehydes is 1. The quantitative estimate of drug-likeness (QED) is 0.538. The zero-order chi connectivity index (χ0) is 10.1. The van der Waals surface area contributed by atoms with Crippen molar-refractivity contribution in [2.24, 2.45) is 0 Å². The van der Waals surface area contributed by atoms with Crippen LogP contribution in [0, 0.1) is 0 Å². The minimum Gasteiger partial charge on any atom is -0.303 e. The Labute approximate surface area is 79.9 Å². The number of benzene rings is 1. The first-order valence-corrected chi connectivity index (χ1v) is 4.15. The van der Waals surface area contributed by atoms with Crippen LogP contribution in [0.4, 0.5) is 0 Å². The maximum absolute atomic E-state index is 11.3. The first-order chi connectivity index (χ1) is 6.74. The van der Waals surface area contributed by atoms with Gasteiger partial charge in [-0.25, -0.2) is 0 Å². The van der Waals surface area contributed by atoms with Crippen LogP contribution >= 0.6 is 0 Å². The molecule has 0 aromatic heterocycles.